The second-order valence-electron chi connectivity index (χ2n) is 6.17. The van der Waals surface area contributed by atoms with Crippen molar-refractivity contribution >= 4 is 28.8 Å². The first kappa shape index (κ1) is 17.1. The van der Waals surface area contributed by atoms with Gasteiger partial charge in [0.2, 0.25) is 17.8 Å². The average Bonchev–Trinajstić information content (AvgIpc) is 3.00. The van der Waals surface area contributed by atoms with Crippen molar-refractivity contribution in [2.45, 2.75) is 32.1 Å². The molecule has 1 aliphatic rings. The van der Waals surface area contributed by atoms with Gasteiger partial charge in [-0.2, -0.15) is 0 Å². The van der Waals surface area contributed by atoms with Crippen molar-refractivity contribution in [1.82, 2.24) is 15.3 Å². The lowest BCUT2D eigenvalue weighted by molar-refractivity contribution is -0.125. The number of rotatable bonds is 6. The topological polar surface area (TPSA) is 86.9 Å². The Morgan fingerprint density at radius 1 is 1.32 bits per heavy atom. The van der Waals surface area contributed by atoms with Crippen LogP contribution in [0.3, 0.4) is 0 Å². The van der Waals surface area contributed by atoms with E-state index in [0.717, 1.165) is 19.3 Å². The minimum Gasteiger partial charge on any atom is -0.356 e. The van der Waals surface area contributed by atoms with Crippen LogP contribution >= 0.6 is 0 Å². The van der Waals surface area contributed by atoms with Crippen LogP contribution in [0.25, 0.3) is 11.0 Å². The van der Waals surface area contributed by atoms with Gasteiger partial charge in [0.15, 0.2) is 0 Å². The molecule has 2 amide bonds. The summed E-state index contributed by atoms with van der Waals surface area (Å²) in [5, 5.41) is 5.53. The predicted octanol–water partition coefficient (Wildman–Crippen LogP) is 2.89. The molecule has 7 heteroatoms. The molecule has 1 aromatic carbocycles. The van der Waals surface area contributed by atoms with E-state index in [1.165, 1.54) is 12.1 Å². The van der Waals surface area contributed by atoms with Gasteiger partial charge in [-0.3, -0.25) is 14.9 Å². The molecular formula is C18H21FN4O2. The molecule has 1 aliphatic carbocycles. The number of carbonyl (C=O) groups is 2. The molecule has 25 heavy (non-hydrogen) atoms. The minimum atomic E-state index is -0.363. The molecule has 1 heterocycles. The number of aromatic amines is 1. The summed E-state index contributed by atoms with van der Waals surface area (Å²) in [6.45, 7) is 0.470. The molecule has 0 bridgehead atoms. The summed E-state index contributed by atoms with van der Waals surface area (Å²) in [6, 6.07) is 4.19. The summed E-state index contributed by atoms with van der Waals surface area (Å²) >= 11 is 0. The fourth-order valence-corrected chi connectivity index (χ4v) is 2.87. The number of halogens is 1. The van der Waals surface area contributed by atoms with Crippen LogP contribution in [0.15, 0.2) is 30.4 Å². The molecule has 0 radical (unpaired) electrons. The molecule has 6 nitrogen and oxygen atoms in total. The number of anilines is 1. The number of hydrogen-bond acceptors (Lipinski definition) is 3. The largest absolute Gasteiger partial charge is 0.356 e. The Morgan fingerprint density at radius 2 is 2.20 bits per heavy atom. The van der Waals surface area contributed by atoms with Crippen molar-refractivity contribution in [2.75, 3.05) is 11.9 Å². The molecule has 1 aromatic heterocycles. The third-order valence-corrected chi connectivity index (χ3v) is 4.22. The number of nitrogens with one attached hydrogen (secondary N) is 3. The lowest BCUT2D eigenvalue weighted by Gasteiger charge is -2.17. The molecule has 0 fully saturated rings. The lowest BCUT2D eigenvalue weighted by Crippen LogP contribution is -2.32. The Balaban J connectivity index is 1.40. The fourth-order valence-electron chi connectivity index (χ4n) is 2.87. The molecular weight excluding hydrogens is 323 g/mol. The maximum Gasteiger partial charge on any atom is 0.226 e. The van der Waals surface area contributed by atoms with Gasteiger partial charge < -0.3 is 10.3 Å². The monoisotopic (exact) mass is 344 g/mol. The van der Waals surface area contributed by atoms with E-state index in [-0.39, 0.29) is 30.0 Å². The molecule has 0 saturated carbocycles. The molecule has 0 aliphatic heterocycles. The van der Waals surface area contributed by atoms with E-state index in [9.17, 15) is 14.0 Å². The summed E-state index contributed by atoms with van der Waals surface area (Å²) < 4.78 is 13.1. The first-order chi connectivity index (χ1) is 12.1. The first-order valence-electron chi connectivity index (χ1n) is 8.49. The van der Waals surface area contributed by atoms with Crippen LogP contribution < -0.4 is 10.6 Å². The van der Waals surface area contributed by atoms with Gasteiger partial charge in [-0.15, -0.1) is 0 Å². The highest BCUT2D eigenvalue weighted by Crippen LogP contribution is 2.18. The number of allylic oxidation sites excluding steroid dienone is 2. The van der Waals surface area contributed by atoms with Gasteiger partial charge in [-0.05, 0) is 43.9 Å². The number of amides is 2. The second kappa shape index (κ2) is 7.92. The molecule has 1 unspecified atom stereocenters. The van der Waals surface area contributed by atoms with Gasteiger partial charge in [0.05, 0.1) is 11.0 Å². The molecule has 3 rings (SSSR count). The summed E-state index contributed by atoms with van der Waals surface area (Å²) in [6.07, 6.45) is 7.59. The Hall–Kier alpha value is -2.70. The second-order valence-corrected chi connectivity index (χ2v) is 6.17. The zero-order chi connectivity index (χ0) is 17.6. The quantitative estimate of drug-likeness (QED) is 0.556. The van der Waals surface area contributed by atoms with E-state index in [1.807, 2.05) is 6.08 Å². The van der Waals surface area contributed by atoms with E-state index >= 15 is 0 Å². The van der Waals surface area contributed by atoms with Crippen molar-refractivity contribution in [1.29, 1.82) is 0 Å². The van der Waals surface area contributed by atoms with Gasteiger partial charge in [-0.25, -0.2) is 9.37 Å². The van der Waals surface area contributed by atoms with Crippen LogP contribution in [0.2, 0.25) is 0 Å². The summed E-state index contributed by atoms with van der Waals surface area (Å²) in [5.74, 6) is -0.157. The number of fused-ring (bicyclic) bond motifs is 1. The van der Waals surface area contributed by atoms with E-state index < -0.39 is 0 Å². The van der Waals surface area contributed by atoms with E-state index in [2.05, 4.69) is 26.7 Å². The Kier molecular flexibility index (Phi) is 5.42. The van der Waals surface area contributed by atoms with Gasteiger partial charge >= 0.3 is 0 Å². The van der Waals surface area contributed by atoms with Crippen LogP contribution in [0, 0.1) is 11.7 Å². The van der Waals surface area contributed by atoms with Gasteiger partial charge in [0.1, 0.15) is 5.82 Å². The number of nitrogens with zero attached hydrogens (tertiary/aromatic N) is 1. The number of carbonyl (C=O) groups excluding carboxylic acids is 2. The van der Waals surface area contributed by atoms with Gasteiger partial charge in [-0.1, -0.05) is 12.2 Å². The maximum absolute atomic E-state index is 13.1. The standard InChI is InChI=1S/C18H21FN4O2/c19-13-8-9-14-15(11-13)22-18(21-14)23-16(24)7-4-10-20-17(25)12-5-2-1-3-6-12/h1-2,8-9,11-12H,3-7,10H2,(H,20,25)(H2,21,22,23,24). The number of aromatic nitrogens is 2. The number of hydrogen-bond donors (Lipinski definition) is 3. The van der Waals surface area contributed by atoms with Gasteiger partial charge in [0, 0.05) is 18.9 Å². The Bertz CT molecular complexity index is 799. The molecule has 132 valence electrons. The molecule has 3 N–H and O–H groups in total. The Labute approximate surface area is 144 Å². The Morgan fingerprint density at radius 3 is 3.00 bits per heavy atom. The highest BCUT2D eigenvalue weighted by Gasteiger charge is 2.18. The first-order valence-corrected chi connectivity index (χ1v) is 8.49. The SMILES string of the molecule is O=C(CCCNC(=O)C1CC=CCC1)Nc1nc2ccc(F)cc2[nH]1. The molecule has 0 spiro atoms. The third kappa shape index (κ3) is 4.65. The number of benzene rings is 1. The van der Waals surface area contributed by atoms with Crippen LogP contribution in [0.1, 0.15) is 32.1 Å². The molecule has 0 saturated heterocycles. The van der Waals surface area contributed by atoms with Crippen molar-refractivity contribution < 1.29 is 14.0 Å². The van der Waals surface area contributed by atoms with Crippen molar-refractivity contribution in [3.63, 3.8) is 0 Å². The highest BCUT2D eigenvalue weighted by molar-refractivity contribution is 5.91. The average molecular weight is 344 g/mol. The van der Waals surface area contributed by atoms with Gasteiger partial charge in [0.25, 0.3) is 0 Å². The lowest BCUT2D eigenvalue weighted by atomic mass is 9.94. The third-order valence-electron chi connectivity index (χ3n) is 4.22. The maximum atomic E-state index is 13.1. The zero-order valence-corrected chi connectivity index (χ0v) is 13.8. The van der Waals surface area contributed by atoms with E-state index in [4.69, 9.17) is 0 Å². The summed E-state index contributed by atoms with van der Waals surface area (Å²) in [7, 11) is 0. The van der Waals surface area contributed by atoms with Crippen molar-refractivity contribution in [3.05, 3.63) is 36.2 Å². The van der Waals surface area contributed by atoms with Crippen LogP contribution in [-0.2, 0) is 9.59 Å². The summed E-state index contributed by atoms with van der Waals surface area (Å²) in [5.41, 5.74) is 1.12. The molecule has 2 aromatic rings. The van der Waals surface area contributed by atoms with Crippen molar-refractivity contribution in [3.8, 4) is 0 Å². The van der Waals surface area contributed by atoms with Crippen LogP contribution in [0.5, 0.6) is 0 Å². The molecule has 1 atom stereocenters. The van der Waals surface area contributed by atoms with E-state index in [1.54, 1.807) is 6.07 Å². The van der Waals surface area contributed by atoms with Crippen LogP contribution in [0.4, 0.5) is 10.3 Å². The summed E-state index contributed by atoms with van der Waals surface area (Å²) in [4.78, 5) is 30.9. The normalized spacial score (nSPS) is 16.8. The minimum absolute atomic E-state index is 0.0507. The van der Waals surface area contributed by atoms with Crippen molar-refractivity contribution in [2.24, 2.45) is 5.92 Å². The predicted molar refractivity (Wildman–Crippen MR) is 93.4 cm³/mol. The number of imidazole rings is 1. The fraction of sp³-hybridized carbons (Fsp3) is 0.389. The zero-order valence-electron chi connectivity index (χ0n) is 13.8. The van der Waals surface area contributed by atoms with Crippen LogP contribution in [-0.4, -0.2) is 28.3 Å². The smallest absolute Gasteiger partial charge is 0.226 e. The highest BCUT2D eigenvalue weighted by atomic mass is 19.1. The number of H-pyrrole nitrogens is 1. The van der Waals surface area contributed by atoms with E-state index in [0.29, 0.717) is 29.9 Å².